The number of hydrogen-bond acceptors (Lipinski definition) is 4. The maximum Gasteiger partial charge on any atom is 0.243 e. The summed E-state index contributed by atoms with van der Waals surface area (Å²) in [7, 11) is -7.27. The highest BCUT2D eigenvalue weighted by molar-refractivity contribution is 7.89. The Kier molecular flexibility index (Phi) is 4.72. The second kappa shape index (κ2) is 6.29. The Hall–Kier alpha value is -1.03. The van der Waals surface area contributed by atoms with Crippen molar-refractivity contribution >= 4 is 20.0 Å². The van der Waals surface area contributed by atoms with Crippen LogP contribution in [0, 0.1) is 12.7 Å². The molecule has 0 radical (unpaired) electrons. The summed E-state index contributed by atoms with van der Waals surface area (Å²) in [4.78, 5) is -0.0865. The number of nitrogens with zero attached hydrogens (tertiary/aromatic N) is 2. The minimum atomic E-state index is -3.86. The van der Waals surface area contributed by atoms with E-state index in [0.717, 1.165) is 12.5 Å². The van der Waals surface area contributed by atoms with Gasteiger partial charge >= 0.3 is 0 Å². The summed E-state index contributed by atoms with van der Waals surface area (Å²) >= 11 is 0. The Balaban J connectivity index is 1.94. The average Bonchev–Trinajstić information content (AvgIpc) is 2.93. The van der Waals surface area contributed by atoms with Crippen LogP contribution in [0.3, 0.4) is 0 Å². The summed E-state index contributed by atoms with van der Waals surface area (Å²) in [6.07, 6.45) is 3.77. The molecule has 0 aliphatic carbocycles. The standard InChI is InChI=1S/C16H23FN2O4S2/c1-13-5-6-14(11-15(13)17)25(22,23)18-9-3-7-16(12-18)8-4-10-19(16)24(2,20)21/h5-6,11H,3-4,7-10,12H2,1-2H3/t16-/m0/s1. The molecule has 2 heterocycles. The number of aryl methyl sites for hydroxylation is 1. The molecule has 0 bridgehead atoms. The normalized spacial score (nSPS) is 26.4. The monoisotopic (exact) mass is 390 g/mol. The molecule has 0 N–H and O–H groups in total. The second-order valence-corrected chi connectivity index (χ2v) is 10.9. The van der Waals surface area contributed by atoms with Gasteiger partial charge in [0.2, 0.25) is 20.0 Å². The minimum absolute atomic E-state index is 0.0865. The van der Waals surface area contributed by atoms with Gasteiger partial charge in [-0.3, -0.25) is 0 Å². The summed E-state index contributed by atoms with van der Waals surface area (Å²) in [5.41, 5.74) is -0.296. The molecule has 2 aliphatic heterocycles. The number of sulfonamides is 2. The van der Waals surface area contributed by atoms with E-state index in [-0.39, 0.29) is 11.4 Å². The van der Waals surface area contributed by atoms with Gasteiger partial charge in [-0.1, -0.05) is 6.07 Å². The lowest BCUT2D eigenvalue weighted by Crippen LogP contribution is -2.58. The Morgan fingerprint density at radius 3 is 2.32 bits per heavy atom. The largest absolute Gasteiger partial charge is 0.243 e. The molecule has 0 unspecified atom stereocenters. The van der Waals surface area contributed by atoms with E-state index in [9.17, 15) is 21.2 Å². The van der Waals surface area contributed by atoms with Crippen molar-refractivity contribution in [2.75, 3.05) is 25.9 Å². The van der Waals surface area contributed by atoms with Crippen LogP contribution >= 0.6 is 0 Å². The van der Waals surface area contributed by atoms with Crippen LogP contribution in [0.1, 0.15) is 31.2 Å². The maximum atomic E-state index is 13.8. The van der Waals surface area contributed by atoms with Crippen LogP contribution < -0.4 is 0 Å². The Bertz CT molecular complexity index is 885. The quantitative estimate of drug-likeness (QED) is 0.788. The lowest BCUT2D eigenvalue weighted by molar-refractivity contribution is 0.138. The van der Waals surface area contributed by atoms with E-state index in [1.807, 2.05) is 0 Å². The smallest absolute Gasteiger partial charge is 0.212 e. The highest BCUT2D eigenvalue weighted by Gasteiger charge is 2.49. The molecule has 1 aromatic rings. The fraction of sp³-hybridized carbons (Fsp3) is 0.625. The predicted octanol–water partition coefficient (Wildman–Crippen LogP) is 1.71. The fourth-order valence-corrected chi connectivity index (χ4v) is 6.97. The molecule has 0 saturated carbocycles. The first-order valence-corrected chi connectivity index (χ1v) is 11.6. The average molecular weight is 391 g/mol. The minimum Gasteiger partial charge on any atom is -0.212 e. The van der Waals surface area contributed by atoms with Crippen molar-refractivity contribution in [3.05, 3.63) is 29.6 Å². The van der Waals surface area contributed by atoms with E-state index >= 15 is 0 Å². The van der Waals surface area contributed by atoms with E-state index in [1.165, 1.54) is 27.0 Å². The van der Waals surface area contributed by atoms with E-state index in [1.54, 1.807) is 6.92 Å². The van der Waals surface area contributed by atoms with Gasteiger partial charge in [-0.05, 0) is 50.3 Å². The van der Waals surface area contributed by atoms with E-state index < -0.39 is 31.4 Å². The molecule has 1 atom stereocenters. The van der Waals surface area contributed by atoms with Crippen molar-refractivity contribution < 1.29 is 21.2 Å². The van der Waals surface area contributed by atoms with Crippen molar-refractivity contribution in [2.24, 2.45) is 0 Å². The van der Waals surface area contributed by atoms with Crippen LogP contribution in [-0.4, -0.2) is 56.9 Å². The lowest BCUT2D eigenvalue weighted by Gasteiger charge is -2.44. The van der Waals surface area contributed by atoms with Gasteiger partial charge in [0.15, 0.2) is 0 Å². The third kappa shape index (κ3) is 3.34. The van der Waals surface area contributed by atoms with Gasteiger partial charge in [-0.2, -0.15) is 8.61 Å². The molecular weight excluding hydrogens is 367 g/mol. The SMILES string of the molecule is Cc1ccc(S(=O)(=O)N2CCC[C@]3(CCCN3S(C)(=O)=O)C2)cc1F. The number of hydrogen-bond donors (Lipinski definition) is 0. The van der Waals surface area contributed by atoms with Gasteiger partial charge in [0.05, 0.1) is 11.2 Å². The van der Waals surface area contributed by atoms with Crippen LogP contribution in [0.5, 0.6) is 0 Å². The molecule has 3 rings (SSSR count). The molecule has 140 valence electrons. The molecule has 25 heavy (non-hydrogen) atoms. The van der Waals surface area contributed by atoms with E-state index in [0.29, 0.717) is 37.9 Å². The maximum absolute atomic E-state index is 13.8. The van der Waals surface area contributed by atoms with Crippen molar-refractivity contribution in [2.45, 2.75) is 43.0 Å². The van der Waals surface area contributed by atoms with Crippen LogP contribution in [0.4, 0.5) is 4.39 Å². The van der Waals surface area contributed by atoms with E-state index in [4.69, 9.17) is 0 Å². The Labute approximate surface area is 148 Å². The summed E-state index contributed by atoms with van der Waals surface area (Å²) in [6, 6.07) is 3.88. The van der Waals surface area contributed by atoms with Crippen LogP contribution in [0.15, 0.2) is 23.1 Å². The summed E-state index contributed by atoms with van der Waals surface area (Å²) < 4.78 is 66.7. The molecule has 2 aliphatic rings. The zero-order valence-electron chi connectivity index (χ0n) is 14.4. The topological polar surface area (TPSA) is 74.8 Å². The van der Waals surface area contributed by atoms with Crippen molar-refractivity contribution in [3.63, 3.8) is 0 Å². The zero-order chi connectivity index (χ0) is 18.5. The highest BCUT2D eigenvalue weighted by Crippen LogP contribution is 2.40. The van der Waals surface area contributed by atoms with Gasteiger partial charge < -0.3 is 0 Å². The number of rotatable bonds is 3. The number of piperidine rings is 1. The second-order valence-electron chi connectivity index (χ2n) is 7.02. The van der Waals surface area contributed by atoms with Gasteiger partial charge in [0.25, 0.3) is 0 Å². The molecule has 2 saturated heterocycles. The Morgan fingerprint density at radius 2 is 1.72 bits per heavy atom. The molecular formula is C16H23FN2O4S2. The zero-order valence-corrected chi connectivity index (χ0v) is 16.0. The van der Waals surface area contributed by atoms with Crippen LogP contribution in [0.25, 0.3) is 0 Å². The highest BCUT2D eigenvalue weighted by atomic mass is 32.2. The summed E-state index contributed by atoms with van der Waals surface area (Å²) in [5, 5.41) is 0. The van der Waals surface area contributed by atoms with Crippen molar-refractivity contribution in [1.82, 2.24) is 8.61 Å². The molecule has 9 heteroatoms. The first-order chi connectivity index (χ1) is 11.6. The van der Waals surface area contributed by atoms with Gasteiger partial charge in [-0.25, -0.2) is 21.2 Å². The first kappa shape index (κ1) is 18.8. The van der Waals surface area contributed by atoms with Gasteiger partial charge in [-0.15, -0.1) is 0 Å². The first-order valence-electron chi connectivity index (χ1n) is 8.30. The fourth-order valence-electron chi connectivity index (χ4n) is 4.00. The molecule has 2 fully saturated rings. The Morgan fingerprint density at radius 1 is 1.08 bits per heavy atom. The lowest BCUT2D eigenvalue weighted by atomic mass is 9.89. The predicted molar refractivity (Wildman–Crippen MR) is 92.6 cm³/mol. The van der Waals surface area contributed by atoms with Crippen LogP contribution in [-0.2, 0) is 20.0 Å². The number of benzene rings is 1. The molecule has 1 spiro atoms. The molecule has 0 aromatic heterocycles. The van der Waals surface area contributed by atoms with Crippen LogP contribution in [0.2, 0.25) is 0 Å². The van der Waals surface area contributed by atoms with Gasteiger partial charge in [0.1, 0.15) is 5.82 Å². The van der Waals surface area contributed by atoms with Crippen molar-refractivity contribution in [3.8, 4) is 0 Å². The van der Waals surface area contributed by atoms with Crippen molar-refractivity contribution in [1.29, 1.82) is 0 Å². The molecule has 0 amide bonds. The molecule has 1 aromatic carbocycles. The summed E-state index contributed by atoms with van der Waals surface area (Å²) in [5.74, 6) is -0.563. The number of halogens is 1. The third-order valence-corrected chi connectivity index (χ3v) is 8.45. The van der Waals surface area contributed by atoms with E-state index in [2.05, 4.69) is 0 Å². The third-order valence-electron chi connectivity index (χ3n) is 5.23. The summed E-state index contributed by atoms with van der Waals surface area (Å²) in [6.45, 7) is 2.44. The molecule has 6 nitrogen and oxygen atoms in total. The van der Waals surface area contributed by atoms with Gasteiger partial charge in [0, 0.05) is 25.2 Å².